The molecule has 24 heavy (non-hydrogen) atoms. The lowest BCUT2D eigenvalue weighted by Gasteiger charge is -2.17. The molecule has 0 unspecified atom stereocenters. The third-order valence-corrected chi connectivity index (χ3v) is 3.77. The number of amides is 2. The molecule has 2 rings (SSSR count). The Balaban J connectivity index is 2.15. The fourth-order valence-electron chi connectivity index (χ4n) is 2.15. The Bertz CT molecular complexity index is 790. The summed E-state index contributed by atoms with van der Waals surface area (Å²) in [5, 5.41) is 3.19. The quantitative estimate of drug-likeness (QED) is 0.869. The number of primary amides is 1. The average molecular weight is 347 g/mol. The Morgan fingerprint density at radius 3 is 2.54 bits per heavy atom. The van der Waals surface area contributed by atoms with Crippen molar-refractivity contribution in [2.45, 2.75) is 26.9 Å². The number of halogens is 1. The van der Waals surface area contributed by atoms with E-state index in [9.17, 15) is 9.59 Å². The monoisotopic (exact) mass is 346 g/mol. The highest BCUT2D eigenvalue weighted by Gasteiger charge is 2.19. The van der Waals surface area contributed by atoms with Crippen LogP contribution >= 0.6 is 11.6 Å². The first kappa shape index (κ1) is 17.8. The number of nitrogens with two attached hydrogens (primary N) is 1. The van der Waals surface area contributed by atoms with Gasteiger partial charge in [-0.3, -0.25) is 9.59 Å². The maximum Gasteiger partial charge on any atom is 0.265 e. The smallest absolute Gasteiger partial charge is 0.265 e. The van der Waals surface area contributed by atoms with Crippen LogP contribution in [0, 0.1) is 13.8 Å². The van der Waals surface area contributed by atoms with Crippen LogP contribution in [0.25, 0.3) is 0 Å². The van der Waals surface area contributed by atoms with Crippen molar-refractivity contribution in [2.75, 3.05) is 5.32 Å². The summed E-state index contributed by atoms with van der Waals surface area (Å²) in [5.41, 5.74) is 8.16. The maximum atomic E-state index is 12.4. The van der Waals surface area contributed by atoms with Gasteiger partial charge in [-0.2, -0.15) is 0 Å². The van der Waals surface area contributed by atoms with Crippen molar-refractivity contribution < 1.29 is 14.3 Å². The zero-order valence-corrected chi connectivity index (χ0v) is 14.5. The lowest BCUT2D eigenvalue weighted by atomic mass is 10.1. The third-order valence-electron chi connectivity index (χ3n) is 3.53. The second-order valence-electron chi connectivity index (χ2n) is 5.57. The SMILES string of the molecule is Cc1ccc(C)c(NC(=O)[C@@H](C)Oc2ccc(Cl)cc2C(N)=O)c1. The predicted octanol–water partition coefficient (Wildman–Crippen LogP) is 3.46. The molecule has 1 atom stereocenters. The lowest BCUT2D eigenvalue weighted by molar-refractivity contribution is -0.122. The van der Waals surface area contributed by atoms with Gasteiger partial charge in [0.2, 0.25) is 0 Å². The van der Waals surface area contributed by atoms with Crippen molar-refractivity contribution >= 4 is 29.1 Å². The molecule has 6 heteroatoms. The Hall–Kier alpha value is -2.53. The zero-order chi connectivity index (χ0) is 17.9. The molecular weight excluding hydrogens is 328 g/mol. The molecule has 5 nitrogen and oxygen atoms in total. The van der Waals surface area contributed by atoms with Crippen molar-refractivity contribution in [3.05, 3.63) is 58.1 Å². The molecule has 2 aromatic rings. The number of carbonyl (C=O) groups excluding carboxylic acids is 2. The first-order valence-corrected chi connectivity index (χ1v) is 7.80. The van der Waals surface area contributed by atoms with E-state index in [1.165, 1.54) is 12.1 Å². The van der Waals surface area contributed by atoms with Crippen molar-refractivity contribution in [3.63, 3.8) is 0 Å². The molecule has 2 aromatic carbocycles. The summed E-state index contributed by atoms with van der Waals surface area (Å²) < 4.78 is 5.59. The van der Waals surface area contributed by atoms with Crippen molar-refractivity contribution in [3.8, 4) is 5.75 Å². The van der Waals surface area contributed by atoms with Crippen molar-refractivity contribution in [1.82, 2.24) is 0 Å². The van der Waals surface area contributed by atoms with Crippen LogP contribution in [0.2, 0.25) is 5.02 Å². The Labute approximate surface area is 145 Å². The van der Waals surface area contributed by atoms with Gasteiger partial charge in [-0.15, -0.1) is 0 Å². The number of aryl methyl sites for hydroxylation is 2. The van der Waals surface area contributed by atoms with Crippen LogP contribution in [0.15, 0.2) is 36.4 Å². The van der Waals surface area contributed by atoms with Gasteiger partial charge in [0.05, 0.1) is 5.56 Å². The van der Waals surface area contributed by atoms with Gasteiger partial charge in [-0.05, 0) is 56.2 Å². The molecule has 0 aromatic heterocycles. The molecule has 0 saturated carbocycles. The van der Waals surface area contributed by atoms with Crippen LogP contribution in [-0.2, 0) is 4.79 Å². The Morgan fingerprint density at radius 1 is 1.17 bits per heavy atom. The minimum atomic E-state index is -0.816. The van der Waals surface area contributed by atoms with Crippen LogP contribution in [0.3, 0.4) is 0 Å². The summed E-state index contributed by atoms with van der Waals surface area (Å²) >= 11 is 5.86. The summed E-state index contributed by atoms with van der Waals surface area (Å²) in [5.74, 6) is -0.778. The van der Waals surface area contributed by atoms with Gasteiger partial charge in [0.25, 0.3) is 11.8 Å². The minimum absolute atomic E-state index is 0.133. The first-order valence-electron chi connectivity index (χ1n) is 7.42. The molecule has 126 valence electrons. The van der Waals surface area contributed by atoms with Crippen LogP contribution < -0.4 is 15.8 Å². The number of benzene rings is 2. The molecule has 0 fully saturated rings. The first-order chi connectivity index (χ1) is 11.3. The average Bonchev–Trinajstić information content (AvgIpc) is 2.52. The molecule has 0 saturated heterocycles. The topological polar surface area (TPSA) is 81.4 Å². The van der Waals surface area contributed by atoms with E-state index >= 15 is 0 Å². The summed E-state index contributed by atoms with van der Waals surface area (Å²) in [6.07, 6.45) is -0.816. The van der Waals surface area contributed by atoms with Gasteiger partial charge in [0.1, 0.15) is 5.75 Å². The van der Waals surface area contributed by atoms with Crippen LogP contribution in [0.1, 0.15) is 28.4 Å². The van der Waals surface area contributed by atoms with E-state index in [0.717, 1.165) is 16.8 Å². The van der Waals surface area contributed by atoms with Gasteiger partial charge in [0.15, 0.2) is 6.10 Å². The number of rotatable bonds is 5. The van der Waals surface area contributed by atoms with E-state index in [0.29, 0.717) is 5.02 Å². The van der Waals surface area contributed by atoms with Gasteiger partial charge in [0, 0.05) is 10.7 Å². The Morgan fingerprint density at radius 2 is 1.88 bits per heavy atom. The van der Waals surface area contributed by atoms with Gasteiger partial charge in [-0.1, -0.05) is 23.7 Å². The van der Waals surface area contributed by atoms with Crippen LogP contribution in [-0.4, -0.2) is 17.9 Å². The standard InChI is InChI=1S/C18H19ClN2O3/c1-10-4-5-11(2)15(8-10)21-18(23)12(3)24-16-7-6-13(19)9-14(16)17(20)22/h4-9,12H,1-3H3,(H2,20,22)(H,21,23)/t12-/m1/s1. The number of hydrogen-bond donors (Lipinski definition) is 2. The van der Waals surface area contributed by atoms with Gasteiger partial charge < -0.3 is 15.8 Å². The second-order valence-corrected chi connectivity index (χ2v) is 6.01. The van der Waals surface area contributed by atoms with Crippen molar-refractivity contribution in [2.24, 2.45) is 5.73 Å². The fourth-order valence-corrected chi connectivity index (χ4v) is 2.32. The normalized spacial score (nSPS) is 11.7. The number of anilines is 1. The molecule has 2 amide bonds. The van der Waals surface area contributed by atoms with E-state index in [1.807, 2.05) is 32.0 Å². The highest BCUT2D eigenvalue weighted by Crippen LogP contribution is 2.24. The van der Waals surface area contributed by atoms with Crippen LogP contribution in [0.5, 0.6) is 5.75 Å². The molecule has 0 aliphatic carbocycles. The zero-order valence-electron chi connectivity index (χ0n) is 13.7. The minimum Gasteiger partial charge on any atom is -0.480 e. The highest BCUT2D eigenvalue weighted by molar-refractivity contribution is 6.31. The molecule has 0 radical (unpaired) electrons. The number of nitrogens with one attached hydrogen (secondary N) is 1. The Kier molecular flexibility index (Phi) is 5.46. The van der Waals surface area contributed by atoms with E-state index < -0.39 is 12.0 Å². The molecule has 0 aliphatic rings. The summed E-state index contributed by atoms with van der Waals surface area (Å²) in [6.45, 7) is 5.45. The molecule has 0 heterocycles. The van der Waals surface area contributed by atoms with Crippen LogP contribution in [0.4, 0.5) is 5.69 Å². The molecule has 0 aliphatic heterocycles. The van der Waals surface area contributed by atoms with Gasteiger partial charge in [-0.25, -0.2) is 0 Å². The van der Waals surface area contributed by atoms with Crippen molar-refractivity contribution in [1.29, 1.82) is 0 Å². The summed E-state index contributed by atoms with van der Waals surface area (Å²) in [6, 6.07) is 10.3. The number of carbonyl (C=O) groups is 2. The second kappa shape index (κ2) is 7.36. The summed E-state index contributed by atoms with van der Waals surface area (Å²) in [4.78, 5) is 23.8. The molecule has 0 bridgehead atoms. The maximum absolute atomic E-state index is 12.4. The van der Waals surface area contributed by atoms with Gasteiger partial charge >= 0.3 is 0 Å². The fraction of sp³-hybridized carbons (Fsp3) is 0.222. The van der Waals surface area contributed by atoms with E-state index in [4.69, 9.17) is 22.1 Å². The number of ether oxygens (including phenoxy) is 1. The van der Waals surface area contributed by atoms with E-state index in [-0.39, 0.29) is 17.2 Å². The largest absolute Gasteiger partial charge is 0.480 e. The highest BCUT2D eigenvalue weighted by atomic mass is 35.5. The molecule has 0 spiro atoms. The molecular formula is C18H19ClN2O3. The summed E-state index contributed by atoms with van der Waals surface area (Å²) in [7, 11) is 0. The molecule has 3 N–H and O–H groups in total. The lowest BCUT2D eigenvalue weighted by Crippen LogP contribution is -2.31. The number of hydrogen-bond acceptors (Lipinski definition) is 3. The predicted molar refractivity (Wildman–Crippen MR) is 94.6 cm³/mol. The van der Waals surface area contributed by atoms with E-state index in [1.54, 1.807) is 13.0 Å². The van der Waals surface area contributed by atoms with E-state index in [2.05, 4.69) is 5.32 Å². The third kappa shape index (κ3) is 4.26.